The SMILES string of the molecule is C/C=C/Cn1c(=O)c2c(nc3n2CC(C)=NN3Cc2ccccc2F)n(C)c1=O. The fourth-order valence-electron chi connectivity index (χ4n) is 3.48. The van der Waals surface area contributed by atoms with E-state index in [0.717, 1.165) is 5.71 Å². The molecule has 3 aromatic rings. The van der Waals surface area contributed by atoms with Crippen molar-refractivity contribution in [1.82, 2.24) is 18.7 Å². The summed E-state index contributed by atoms with van der Waals surface area (Å²) in [7, 11) is 1.59. The lowest BCUT2D eigenvalue weighted by Crippen LogP contribution is -2.39. The molecule has 0 saturated heterocycles. The minimum Gasteiger partial charge on any atom is -0.297 e. The van der Waals surface area contributed by atoms with Crippen molar-refractivity contribution in [2.24, 2.45) is 12.1 Å². The molecule has 1 aromatic carbocycles. The van der Waals surface area contributed by atoms with Gasteiger partial charge in [0.1, 0.15) is 5.82 Å². The molecule has 1 aliphatic rings. The molecule has 0 N–H and O–H groups in total. The van der Waals surface area contributed by atoms with Crippen molar-refractivity contribution in [3.05, 3.63) is 68.6 Å². The summed E-state index contributed by atoms with van der Waals surface area (Å²) < 4.78 is 18.5. The van der Waals surface area contributed by atoms with E-state index in [-0.39, 0.29) is 24.6 Å². The van der Waals surface area contributed by atoms with E-state index in [1.165, 1.54) is 15.2 Å². The number of hydrazone groups is 1. The lowest BCUT2D eigenvalue weighted by molar-refractivity contribution is 0.600. The Balaban J connectivity index is 1.92. The normalized spacial score (nSPS) is 13.9. The molecule has 2 aromatic heterocycles. The van der Waals surface area contributed by atoms with Gasteiger partial charge in [-0.05, 0) is 19.9 Å². The summed E-state index contributed by atoms with van der Waals surface area (Å²) in [5.41, 5.74) is 0.995. The molecule has 4 rings (SSSR count). The summed E-state index contributed by atoms with van der Waals surface area (Å²) in [5, 5.41) is 6.07. The number of benzene rings is 1. The Labute approximate surface area is 165 Å². The molecule has 1 aliphatic heterocycles. The highest BCUT2D eigenvalue weighted by Crippen LogP contribution is 2.25. The maximum absolute atomic E-state index is 14.2. The quantitative estimate of drug-likeness (QED) is 0.632. The van der Waals surface area contributed by atoms with Crippen LogP contribution in [-0.4, -0.2) is 24.4 Å². The summed E-state index contributed by atoms with van der Waals surface area (Å²) in [6.07, 6.45) is 3.54. The third-order valence-electron chi connectivity index (χ3n) is 4.92. The molecule has 0 spiro atoms. The van der Waals surface area contributed by atoms with Crippen LogP contribution < -0.4 is 16.3 Å². The zero-order valence-corrected chi connectivity index (χ0v) is 16.5. The first-order valence-corrected chi connectivity index (χ1v) is 9.28. The Morgan fingerprint density at radius 2 is 2.00 bits per heavy atom. The second-order valence-corrected chi connectivity index (χ2v) is 6.98. The van der Waals surface area contributed by atoms with E-state index in [2.05, 4.69) is 10.1 Å². The van der Waals surface area contributed by atoms with Crippen LogP contribution in [0.3, 0.4) is 0 Å². The highest BCUT2D eigenvalue weighted by Gasteiger charge is 2.27. The number of imidazole rings is 1. The van der Waals surface area contributed by atoms with Crippen molar-refractivity contribution in [2.45, 2.75) is 33.5 Å². The van der Waals surface area contributed by atoms with Gasteiger partial charge in [0, 0.05) is 19.2 Å². The fraction of sp³-hybridized carbons (Fsp3) is 0.300. The average Bonchev–Trinajstić information content (AvgIpc) is 3.08. The predicted molar refractivity (Wildman–Crippen MR) is 110 cm³/mol. The van der Waals surface area contributed by atoms with E-state index in [1.54, 1.807) is 47.0 Å². The van der Waals surface area contributed by atoms with Crippen LogP contribution in [0.25, 0.3) is 11.2 Å². The van der Waals surface area contributed by atoms with Crippen LogP contribution in [0, 0.1) is 5.82 Å². The zero-order chi connectivity index (χ0) is 20.7. The lowest BCUT2D eigenvalue weighted by Gasteiger charge is -2.25. The molecule has 9 heteroatoms. The summed E-state index contributed by atoms with van der Waals surface area (Å²) in [6, 6.07) is 6.46. The average molecular weight is 396 g/mol. The summed E-state index contributed by atoms with van der Waals surface area (Å²) >= 11 is 0. The van der Waals surface area contributed by atoms with E-state index in [0.29, 0.717) is 23.6 Å². The molecule has 0 unspecified atom stereocenters. The standard InChI is InChI=1S/C20H21FN6O2/c1-4-5-10-25-18(28)16-17(24(3)20(25)29)22-19-26(16)11-13(2)23-27(19)12-14-8-6-7-9-15(14)21/h4-9H,10-12H2,1-3H3/b5-4+. The number of aromatic nitrogens is 4. The number of halogens is 1. The first-order chi connectivity index (χ1) is 13.9. The molecule has 0 fully saturated rings. The van der Waals surface area contributed by atoms with Gasteiger partial charge in [0.2, 0.25) is 5.95 Å². The summed E-state index contributed by atoms with van der Waals surface area (Å²) in [6.45, 7) is 4.38. The Kier molecular flexibility index (Phi) is 4.65. The number of hydrogen-bond acceptors (Lipinski definition) is 5. The molecule has 8 nitrogen and oxygen atoms in total. The van der Waals surface area contributed by atoms with Crippen LogP contribution in [0.4, 0.5) is 10.3 Å². The van der Waals surface area contributed by atoms with E-state index in [1.807, 2.05) is 13.8 Å². The molecule has 0 aliphatic carbocycles. The van der Waals surface area contributed by atoms with Gasteiger partial charge in [0.15, 0.2) is 11.2 Å². The second-order valence-electron chi connectivity index (χ2n) is 6.98. The van der Waals surface area contributed by atoms with E-state index >= 15 is 0 Å². The van der Waals surface area contributed by atoms with Gasteiger partial charge in [-0.15, -0.1) is 0 Å². The largest absolute Gasteiger partial charge is 0.332 e. The number of rotatable bonds is 4. The van der Waals surface area contributed by atoms with Crippen molar-refractivity contribution in [3.63, 3.8) is 0 Å². The van der Waals surface area contributed by atoms with Crippen LogP contribution in [-0.2, 0) is 26.7 Å². The molecular formula is C20H21FN6O2. The highest BCUT2D eigenvalue weighted by atomic mass is 19.1. The maximum Gasteiger partial charge on any atom is 0.332 e. The number of fused-ring (bicyclic) bond motifs is 3. The molecule has 3 heterocycles. The number of anilines is 1. The zero-order valence-electron chi connectivity index (χ0n) is 16.5. The van der Waals surface area contributed by atoms with Crippen molar-refractivity contribution in [3.8, 4) is 0 Å². The second kappa shape index (κ2) is 7.16. The smallest absolute Gasteiger partial charge is 0.297 e. The number of aryl methyl sites for hydroxylation is 1. The van der Waals surface area contributed by atoms with Crippen LogP contribution in [0.2, 0.25) is 0 Å². The van der Waals surface area contributed by atoms with Gasteiger partial charge in [-0.2, -0.15) is 10.1 Å². The molecule has 29 heavy (non-hydrogen) atoms. The minimum atomic E-state index is -0.436. The predicted octanol–water partition coefficient (Wildman–Crippen LogP) is 2.01. The van der Waals surface area contributed by atoms with Gasteiger partial charge in [-0.25, -0.2) is 14.2 Å². The number of allylic oxidation sites excluding steroid dienone is 2. The fourth-order valence-corrected chi connectivity index (χ4v) is 3.48. The van der Waals surface area contributed by atoms with Crippen molar-refractivity contribution < 1.29 is 4.39 Å². The molecule has 150 valence electrons. The van der Waals surface area contributed by atoms with Crippen LogP contribution in [0.5, 0.6) is 0 Å². The van der Waals surface area contributed by atoms with E-state index < -0.39 is 11.2 Å². The Morgan fingerprint density at radius 1 is 1.24 bits per heavy atom. The molecule has 0 amide bonds. The van der Waals surface area contributed by atoms with Crippen molar-refractivity contribution in [1.29, 1.82) is 0 Å². The summed E-state index contributed by atoms with van der Waals surface area (Å²) in [4.78, 5) is 30.3. The van der Waals surface area contributed by atoms with E-state index in [9.17, 15) is 14.0 Å². The van der Waals surface area contributed by atoms with Crippen LogP contribution >= 0.6 is 0 Å². The van der Waals surface area contributed by atoms with Gasteiger partial charge >= 0.3 is 5.69 Å². The number of nitrogens with zero attached hydrogens (tertiary/aromatic N) is 6. The molecule has 0 atom stereocenters. The molecular weight excluding hydrogens is 375 g/mol. The van der Waals surface area contributed by atoms with Crippen molar-refractivity contribution in [2.75, 3.05) is 5.01 Å². The monoisotopic (exact) mass is 396 g/mol. The van der Waals surface area contributed by atoms with Crippen molar-refractivity contribution >= 4 is 22.8 Å². The van der Waals surface area contributed by atoms with Crippen LogP contribution in [0.1, 0.15) is 19.4 Å². The first kappa shape index (κ1) is 18.9. The van der Waals surface area contributed by atoms with Crippen LogP contribution in [0.15, 0.2) is 51.1 Å². The van der Waals surface area contributed by atoms with Gasteiger partial charge in [-0.1, -0.05) is 30.4 Å². The topological polar surface area (TPSA) is 77.4 Å². The van der Waals surface area contributed by atoms with E-state index in [4.69, 9.17) is 0 Å². The van der Waals surface area contributed by atoms with Gasteiger partial charge in [0.25, 0.3) is 5.56 Å². The number of hydrogen-bond donors (Lipinski definition) is 0. The first-order valence-electron chi connectivity index (χ1n) is 9.28. The Hall–Kier alpha value is -3.49. The Bertz CT molecular complexity index is 1280. The lowest BCUT2D eigenvalue weighted by atomic mass is 10.2. The summed E-state index contributed by atoms with van der Waals surface area (Å²) in [5.74, 6) is 0.0689. The third-order valence-corrected chi connectivity index (χ3v) is 4.92. The molecule has 0 bridgehead atoms. The maximum atomic E-state index is 14.2. The Morgan fingerprint density at radius 3 is 2.72 bits per heavy atom. The minimum absolute atomic E-state index is 0.161. The molecule has 0 radical (unpaired) electrons. The molecule has 0 saturated carbocycles. The van der Waals surface area contributed by atoms with Gasteiger partial charge < -0.3 is 0 Å². The highest BCUT2D eigenvalue weighted by molar-refractivity contribution is 5.87. The van der Waals surface area contributed by atoms with Gasteiger partial charge in [-0.3, -0.25) is 18.5 Å². The third kappa shape index (κ3) is 3.08. The van der Waals surface area contributed by atoms with Gasteiger partial charge in [0.05, 0.1) is 18.8 Å².